The van der Waals surface area contributed by atoms with Gasteiger partial charge in [0.25, 0.3) is 0 Å². The molecule has 1 aliphatic carbocycles. The monoisotopic (exact) mass is 363 g/mol. The Morgan fingerprint density at radius 1 is 1.36 bits per heavy atom. The van der Waals surface area contributed by atoms with Crippen LogP contribution >= 0.6 is 0 Å². The molecule has 1 N–H and O–H groups in total. The number of benzene rings is 1. The first-order chi connectivity index (χ1) is 17.5. The normalized spacial score (nSPS) is 46.3. The number of rotatable bonds is 7. The molecule has 2 fully saturated rings. The first-order valence-electron chi connectivity index (χ1n) is 15.0. The molecular weight excluding hydrogens is 318 g/mol. The Hall–Kier alpha value is -1.30. The predicted octanol–water partition coefficient (Wildman–Crippen LogP) is 2.64. The van der Waals surface area contributed by atoms with Crippen LogP contribution in [-0.4, -0.2) is 61.9 Å². The largest absolute Gasteiger partial charge is 0.493 e. The lowest BCUT2D eigenvalue weighted by molar-refractivity contribution is -0.0316. The molecular formula is C20H31NO4. The van der Waals surface area contributed by atoms with E-state index in [-0.39, 0.29) is 29.9 Å². The number of methoxy groups -OCH3 is 2. The summed E-state index contributed by atoms with van der Waals surface area (Å²) in [6.45, 7) is -9.57. The molecule has 2 aliphatic rings. The summed E-state index contributed by atoms with van der Waals surface area (Å²) in [7, 11) is -1.64. The number of hydrogen-bond donors (Lipinski definition) is 1. The molecule has 1 aliphatic heterocycles. The lowest BCUT2D eigenvalue weighted by Gasteiger charge is -2.37. The Morgan fingerprint density at radius 3 is 3.00 bits per heavy atom. The van der Waals surface area contributed by atoms with Crippen molar-refractivity contribution in [2.45, 2.75) is 56.7 Å². The number of β-amino-alcohol motifs (C(OH)–C–C–N with tert-alkyl or cyclic N) is 1. The Kier molecular flexibility index (Phi) is 2.75. The minimum atomic E-state index is -3.52. The summed E-state index contributed by atoms with van der Waals surface area (Å²) in [5.74, 6) is -0.421. The van der Waals surface area contributed by atoms with Crippen LogP contribution in [0.3, 0.4) is 0 Å². The maximum atomic E-state index is 10.4. The van der Waals surface area contributed by atoms with Crippen molar-refractivity contribution in [2.75, 3.05) is 33.7 Å². The molecule has 140 valence electrons. The summed E-state index contributed by atoms with van der Waals surface area (Å²) in [5, 5.41) is 10.4. The second-order valence-electron chi connectivity index (χ2n) is 5.77. The molecule has 0 bridgehead atoms. The Morgan fingerprint density at radius 2 is 2.24 bits per heavy atom. The first-order valence-corrected chi connectivity index (χ1v) is 8.03. The fourth-order valence-electron chi connectivity index (χ4n) is 2.95. The third-order valence-corrected chi connectivity index (χ3v) is 4.20. The third kappa shape index (κ3) is 4.66. The topological polar surface area (TPSA) is 51.2 Å². The van der Waals surface area contributed by atoms with Gasteiger partial charge in [-0.15, -0.1) is 0 Å². The van der Waals surface area contributed by atoms with Crippen LogP contribution in [0.4, 0.5) is 0 Å². The highest BCUT2D eigenvalue weighted by molar-refractivity contribution is 5.42. The van der Waals surface area contributed by atoms with Crippen molar-refractivity contribution in [1.82, 2.24) is 4.90 Å². The van der Waals surface area contributed by atoms with Crippen LogP contribution in [0.1, 0.15) is 56.8 Å². The van der Waals surface area contributed by atoms with Gasteiger partial charge in [0.05, 0.1) is 41.1 Å². The Bertz CT molecular complexity index is 1040. The van der Waals surface area contributed by atoms with Crippen molar-refractivity contribution < 1.29 is 38.5 Å². The molecule has 1 saturated heterocycles. The zero-order valence-corrected chi connectivity index (χ0v) is 13.8. The van der Waals surface area contributed by atoms with Gasteiger partial charge in [-0.25, -0.2) is 0 Å². The summed E-state index contributed by atoms with van der Waals surface area (Å²) in [6, 6.07) is 1.89. The van der Waals surface area contributed by atoms with Gasteiger partial charge in [0, 0.05) is 30.0 Å². The lowest BCUT2D eigenvalue weighted by atomic mass is 9.91. The van der Waals surface area contributed by atoms with Gasteiger partial charge >= 0.3 is 0 Å². The van der Waals surface area contributed by atoms with E-state index in [1.807, 2.05) is 0 Å². The molecule has 3 rings (SSSR count). The van der Waals surface area contributed by atoms with E-state index in [9.17, 15) is 5.11 Å². The zero-order valence-electron chi connectivity index (χ0n) is 27.8. The summed E-state index contributed by atoms with van der Waals surface area (Å²) in [6.07, 6.45) is -10.3. The van der Waals surface area contributed by atoms with E-state index in [0.717, 1.165) is 18.2 Å². The van der Waals surface area contributed by atoms with Crippen LogP contribution in [0.25, 0.3) is 0 Å². The smallest absolute Gasteiger partial charge is 0.160 e. The van der Waals surface area contributed by atoms with Crippen LogP contribution in [-0.2, 0) is 11.1 Å². The van der Waals surface area contributed by atoms with Gasteiger partial charge in [0.2, 0.25) is 0 Å². The van der Waals surface area contributed by atoms with E-state index in [0.29, 0.717) is 17.7 Å². The molecule has 1 saturated carbocycles. The molecule has 1 aromatic carbocycles. The van der Waals surface area contributed by atoms with E-state index >= 15 is 0 Å². The molecule has 1 heterocycles. The van der Waals surface area contributed by atoms with Crippen molar-refractivity contribution in [3.05, 3.63) is 23.8 Å². The molecule has 25 heavy (non-hydrogen) atoms. The molecule has 0 amide bonds. The predicted molar refractivity (Wildman–Crippen MR) is 97.4 cm³/mol. The minimum Gasteiger partial charge on any atom is -0.493 e. The van der Waals surface area contributed by atoms with E-state index in [2.05, 4.69) is 0 Å². The standard InChI is InChI=1S/C20H31NO4/c1-23-19-8-7-15(13-20(19)24-2)10-12-25-18-6-4-3-5-17(18)21-11-9-16(22)14-21/h7-8,13,16-18,22H,3-6,9-12,14H2,1-2H3/t16?,17-,18-/m1/s1/i1D3,9D2,10D2,11D2,12D2,14D2,16D. The number of hydrogen-bond acceptors (Lipinski definition) is 5. The number of likely N-dealkylation sites (tertiary alicyclic amines) is 1. The fourth-order valence-corrected chi connectivity index (χ4v) is 2.95. The van der Waals surface area contributed by atoms with Crippen molar-refractivity contribution in [1.29, 1.82) is 0 Å². The van der Waals surface area contributed by atoms with Gasteiger partial charge in [-0.05, 0) is 43.3 Å². The first kappa shape index (κ1) is 7.75. The van der Waals surface area contributed by atoms with Crippen LogP contribution < -0.4 is 9.47 Å². The van der Waals surface area contributed by atoms with Crippen molar-refractivity contribution in [2.24, 2.45) is 0 Å². The van der Waals surface area contributed by atoms with E-state index in [1.54, 1.807) is 0 Å². The highest BCUT2D eigenvalue weighted by atomic mass is 16.5. The Labute approximate surface area is 170 Å². The third-order valence-electron chi connectivity index (χ3n) is 4.20. The van der Waals surface area contributed by atoms with Gasteiger partial charge in [-0.3, -0.25) is 4.90 Å². The molecule has 1 unspecified atom stereocenters. The second kappa shape index (κ2) is 8.88. The van der Waals surface area contributed by atoms with Crippen molar-refractivity contribution >= 4 is 0 Å². The van der Waals surface area contributed by atoms with E-state index in [4.69, 9.17) is 33.4 Å². The van der Waals surface area contributed by atoms with Crippen molar-refractivity contribution in [3.63, 3.8) is 0 Å². The van der Waals surface area contributed by atoms with Crippen LogP contribution in [0.15, 0.2) is 18.2 Å². The molecule has 5 nitrogen and oxygen atoms in total. The van der Waals surface area contributed by atoms with Gasteiger partial charge in [0.15, 0.2) is 11.5 Å². The lowest BCUT2D eigenvalue weighted by Crippen LogP contribution is -2.46. The Balaban J connectivity index is 1.97. The van der Waals surface area contributed by atoms with Gasteiger partial charge in [-0.1, -0.05) is 18.9 Å². The number of nitrogens with zero attached hydrogens (tertiary/aromatic N) is 1. The molecule has 5 heteroatoms. The zero-order chi connectivity index (χ0) is 30.0. The molecule has 0 spiro atoms. The molecule has 3 atom stereocenters. The molecule has 0 radical (unpaired) electrons. The maximum absolute atomic E-state index is 10.4. The quantitative estimate of drug-likeness (QED) is 0.807. The maximum Gasteiger partial charge on any atom is 0.160 e. The van der Waals surface area contributed by atoms with Gasteiger partial charge in [-0.2, -0.15) is 0 Å². The van der Waals surface area contributed by atoms with E-state index < -0.39 is 57.6 Å². The average Bonchev–Trinajstić information content (AvgIpc) is 2.85. The molecule has 1 aromatic rings. The van der Waals surface area contributed by atoms with Gasteiger partial charge < -0.3 is 19.3 Å². The summed E-state index contributed by atoms with van der Waals surface area (Å²) < 4.78 is 128. The SMILES string of the molecule is [2H]C([2H])([2H])Oc1ccc(C([2H])([2H])C([2H])([2H])O[C@@H]2CCCC[C@H]2N2C([2H])([2H])C([2H])([2H])C([2H])(O)C2([2H])[2H])cc1OC. The molecule has 0 aromatic heterocycles. The average molecular weight is 364 g/mol. The number of aryl methyl sites for hydroxylation is 1. The number of ether oxygens (including phenoxy) is 3. The van der Waals surface area contributed by atoms with Crippen molar-refractivity contribution in [3.8, 4) is 11.5 Å². The summed E-state index contributed by atoms with van der Waals surface area (Å²) in [5.41, 5.74) is -0.307. The second-order valence-corrected chi connectivity index (χ2v) is 5.77. The van der Waals surface area contributed by atoms with Crippen LogP contribution in [0, 0.1) is 0 Å². The highest BCUT2D eigenvalue weighted by Crippen LogP contribution is 2.30. The highest BCUT2D eigenvalue weighted by Gasteiger charge is 2.34. The number of aliphatic hydroxyl groups is 1. The summed E-state index contributed by atoms with van der Waals surface area (Å²) >= 11 is 0. The minimum absolute atomic E-state index is 0.00388. The van der Waals surface area contributed by atoms with Crippen LogP contribution in [0.2, 0.25) is 0 Å². The van der Waals surface area contributed by atoms with Gasteiger partial charge in [0.1, 0.15) is 0 Å². The van der Waals surface area contributed by atoms with E-state index in [1.165, 1.54) is 7.11 Å². The summed E-state index contributed by atoms with van der Waals surface area (Å²) in [4.78, 5) is 0.381. The van der Waals surface area contributed by atoms with Crippen LogP contribution in [0.5, 0.6) is 11.5 Å². The fraction of sp³-hybridized carbons (Fsp3) is 0.700.